The van der Waals surface area contributed by atoms with Crippen molar-refractivity contribution in [2.45, 2.75) is 13.0 Å². The van der Waals surface area contributed by atoms with Gasteiger partial charge in [-0.2, -0.15) is 0 Å². The molecule has 0 fully saturated rings. The Bertz CT molecular complexity index is 518. The van der Waals surface area contributed by atoms with Crippen LogP contribution in [0.3, 0.4) is 0 Å². The number of rotatable bonds is 3. The summed E-state index contributed by atoms with van der Waals surface area (Å²) in [5.41, 5.74) is 7.38. The van der Waals surface area contributed by atoms with Gasteiger partial charge >= 0.3 is 5.97 Å². The summed E-state index contributed by atoms with van der Waals surface area (Å²) in [6.07, 6.45) is 1.54. The normalized spacial score (nSPS) is 14.9. The predicted octanol–water partition coefficient (Wildman–Crippen LogP) is 2.15. The van der Waals surface area contributed by atoms with Crippen LogP contribution in [0, 0.1) is 5.92 Å². The van der Waals surface area contributed by atoms with E-state index in [0.29, 0.717) is 0 Å². The number of furan rings is 1. The van der Waals surface area contributed by atoms with Crippen LogP contribution < -0.4 is 5.73 Å². The molecule has 3 N–H and O–H groups in total. The molecular formula is C12H13NO3. The zero-order valence-electron chi connectivity index (χ0n) is 8.88. The molecule has 1 aromatic carbocycles. The average Bonchev–Trinajstić information content (AvgIpc) is 2.70. The van der Waals surface area contributed by atoms with E-state index in [1.807, 2.05) is 24.3 Å². The van der Waals surface area contributed by atoms with Gasteiger partial charge in [0.25, 0.3) is 0 Å². The van der Waals surface area contributed by atoms with Gasteiger partial charge in [0.05, 0.1) is 12.2 Å². The SMILES string of the molecule is CC(C(=O)O)C(N)c1coc2ccccc12. The highest BCUT2D eigenvalue weighted by Crippen LogP contribution is 2.28. The summed E-state index contributed by atoms with van der Waals surface area (Å²) < 4.78 is 5.33. The zero-order chi connectivity index (χ0) is 11.7. The van der Waals surface area contributed by atoms with Crippen molar-refractivity contribution in [2.75, 3.05) is 0 Å². The first kappa shape index (κ1) is 10.7. The Balaban J connectivity index is 2.44. The van der Waals surface area contributed by atoms with E-state index in [-0.39, 0.29) is 0 Å². The smallest absolute Gasteiger partial charge is 0.308 e. The Morgan fingerprint density at radius 3 is 2.81 bits per heavy atom. The van der Waals surface area contributed by atoms with E-state index in [9.17, 15) is 4.79 Å². The predicted molar refractivity (Wildman–Crippen MR) is 59.9 cm³/mol. The van der Waals surface area contributed by atoms with E-state index in [0.717, 1.165) is 16.5 Å². The molecule has 2 atom stereocenters. The number of nitrogens with two attached hydrogens (primary N) is 1. The van der Waals surface area contributed by atoms with Crippen LogP contribution in [0.2, 0.25) is 0 Å². The summed E-state index contributed by atoms with van der Waals surface area (Å²) in [7, 11) is 0. The minimum absolute atomic E-state index is 0.554. The summed E-state index contributed by atoms with van der Waals surface area (Å²) in [5, 5.41) is 9.79. The van der Waals surface area contributed by atoms with Crippen LogP contribution in [0.4, 0.5) is 0 Å². The number of carboxylic acids is 1. The molecule has 1 heterocycles. The lowest BCUT2D eigenvalue weighted by molar-refractivity contribution is -0.141. The number of fused-ring (bicyclic) bond motifs is 1. The minimum Gasteiger partial charge on any atom is -0.481 e. The van der Waals surface area contributed by atoms with Crippen LogP contribution in [-0.4, -0.2) is 11.1 Å². The number of hydrogen-bond donors (Lipinski definition) is 2. The lowest BCUT2D eigenvalue weighted by atomic mass is 9.95. The van der Waals surface area contributed by atoms with Crippen LogP contribution in [0.25, 0.3) is 11.0 Å². The van der Waals surface area contributed by atoms with Crippen LogP contribution >= 0.6 is 0 Å². The van der Waals surface area contributed by atoms with Gasteiger partial charge in [-0.25, -0.2) is 0 Å². The molecule has 0 aliphatic heterocycles. The minimum atomic E-state index is -0.905. The van der Waals surface area contributed by atoms with Crippen molar-refractivity contribution in [2.24, 2.45) is 11.7 Å². The zero-order valence-corrected chi connectivity index (χ0v) is 8.88. The second-order valence-electron chi connectivity index (χ2n) is 3.84. The Kier molecular flexibility index (Phi) is 2.66. The standard InChI is InChI=1S/C12H13NO3/c1-7(12(14)15)11(13)9-6-16-10-5-3-2-4-8(9)10/h2-7,11H,13H2,1H3,(H,14,15). The third-order valence-electron chi connectivity index (χ3n) is 2.80. The lowest BCUT2D eigenvalue weighted by Crippen LogP contribution is -2.25. The maximum absolute atomic E-state index is 10.9. The lowest BCUT2D eigenvalue weighted by Gasteiger charge is -2.14. The maximum Gasteiger partial charge on any atom is 0.308 e. The Hall–Kier alpha value is -1.81. The van der Waals surface area contributed by atoms with Crippen molar-refractivity contribution < 1.29 is 14.3 Å². The van der Waals surface area contributed by atoms with E-state index in [2.05, 4.69) is 0 Å². The summed E-state index contributed by atoms with van der Waals surface area (Å²) in [4.78, 5) is 10.9. The van der Waals surface area contributed by atoms with Crippen molar-refractivity contribution in [3.05, 3.63) is 36.1 Å². The number of benzene rings is 1. The number of carbonyl (C=O) groups is 1. The first-order valence-electron chi connectivity index (χ1n) is 5.05. The molecule has 2 unspecified atom stereocenters. The summed E-state index contributed by atoms with van der Waals surface area (Å²) >= 11 is 0. The van der Waals surface area contributed by atoms with Crippen molar-refractivity contribution >= 4 is 16.9 Å². The molecule has 0 saturated heterocycles. The molecule has 84 valence electrons. The molecule has 0 amide bonds. The monoisotopic (exact) mass is 219 g/mol. The average molecular weight is 219 g/mol. The fraction of sp³-hybridized carbons (Fsp3) is 0.250. The fourth-order valence-corrected chi connectivity index (χ4v) is 1.68. The van der Waals surface area contributed by atoms with Gasteiger partial charge in [-0.15, -0.1) is 0 Å². The van der Waals surface area contributed by atoms with E-state index in [1.54, 1.807) is 6.92 Å². The van der Waals surface area contributed by atoms with Gasteiger partial charge in [-0.3, -0.25) is 4.79 Å². The van der Waals surface area contributed by atoms with Crippen LogP contribution in [0.5, 0.6) is 0 Å². The Labute approximate surface area is 92.7 Å². The fourth-order valence-electron chi connectivity index (χ4n) is 1.68. The molecule has 0 radical (unpaired) electrons. The van der Waals surface area contributed by atoms with Gasteiger partial charge in [0.2, 0.25) is 0 Å². The molecule has 16 heavy (non-hydrogen) atoms. The second kappa shape index (κ2) is 3.98. The Morgan fingerprint density at radius 2 is 2.12 bits per heavy atom. The van der Waals surface area contributed by atoms with Gasteiger partial charge in [-0.1, -0.05) is 25.1 Å². The second-order valence-corrected chi connectivity index (χ2v) is 3.84. The topological polar surface area (TPSA) is 76.5 Å². The molecule has 1 aromatic heterocycles. The molecule has 0 aliphatic carbocycles. The largest absolute Gasteiger partial charge is 0.481 e. The van der Waals surface area contributed by atoms with Gasteiger partial charge in [0, 0.05) is 17.0 Å². The van der Waals surface area contributed by atoms with E-state index in [4.69, 9.17) is 15.3 Å². The van der Waals surface area contributed by atoms with Crippen molar-refractivity contribution in [1.29, 1.82) is 0 Å². The highest BCUT2D eigenvalue weighted by atomic mass is 16.4. The van der Waals surface area contributed by atoms with Crippen LogP contribution in [-0.2, 0) is 4.79 Å². The molecule has 4 nitrogen and oxygen atoms in total. The van der Waals surface area contributed by atoms with Gasteiger partial charge < -0.3 is 15.3 Å². The van der Waals surface area contributed by atoms with Crippen molar-refractivity contribution in [3.8, 4) is 0 Å². The van der Waals surface area contributed by atoms with Crippen LogP contribution in [0.15, 0.2) is 34.9 Å². The quantitative estimate of drug-likeness (QED) is 0.829. The van der Waals surface area contributed by atoms with E-state index in [1.165, 1.54) is 6.26 Å². The highest BCUT2D eigenvalue weighted by molar-refractivity contribution is 5.82. The molecule has 4 heteroatoms. The first-order valence-corrected chi connectivity index (χ1v) is 5.05. The molecular weight excluding hydrogens is 206 g/mol. The molecule has 0 bridgehead atoms. The van der Waals surface area contributed by atoms with E-state index >= 15 is 0 Å². The molecule has 0 aliphatic rings. The number of aliphatic carboxylic acids is 1. The number of hydrogen-bond acceptors (Lipinski definition) is 3. The third kappa shape index (κ3) is 1.67. The van der Waals surface area contributed by atoms with Gasteiger partial charge in [0.1, 0.15) is 5.58 Å². The molecule has 2 aromatic rings. The van der Waals surface area contributed by atoms with Crippen LogP contribution in [0.1, 0.15) is 18.5 Å². The summed E-state index contributed by atoms with van der Waals surface area (Å²) in [6.45, 7) is 1.59. The first-order chi connectivity index (χ1) is 7.61. The molecule has 0 saturated carbocycles. The maximum atomic E-state index is 10.9. The van der Waals surface area contributed by atoms with E-state index < -0.39 is 17.9 Å². The summed E-state index contributed by atoms with van der Waals surface area (Å²) in [6, 6.07) is 6.89. The van der Waals surface area contributed by atoms with Gasteiger partial charge in [-0.05, 0) is 6.07 Å². The van der Waals surface area contributed by atoms with Crippen molar-refractivity contribution in [1.82, 2.24) is 0 Å². The molecule has 2 rings (SSSR count). The van der Waals surface area contributed by atoms with Gasteiger partial charge in [0.15, 0.2) is 0 Å². The number of carboxylic acid groups (broad SMARTS) is 1. The summed E-state index contributed by atoms with van der Waals surface area (Å²) in [5.74, 6) is -1.54. The third-order valence-corrected chi connectivity index (χ3v) is 2.80. The highest BCUT2D eigenvalue weighted by Gasteiger charge is 2.24. The molecule has 0 spiro atoms. The Morgan fingerprint density at radius 1 is 1.44 bits per heavy atom. The van der Waals surface area contributed by atoms with Crippen molar-refractivity contribution in [3.63, 3.8) is 0 Å². The number of para-hydroxylation sites is 1.